The van der Waals surface area contributed by atoms with Crippen molar-refractivity contribution in [3.8, 4) is 11.3 Å². The maximum atomic E-state index is 12.3. The Labute approximate surface area is 186 Å². The molecule has 0 saturated carbocycles. The van der Waals surface area contributed by atoms with Crippen LogP contribution in [0.5, 0.6) is 0 Å². The molecule has 0 spiro atoms. The molecule has 30 heavy (non-hydrogen) atoms. The molecule has 6 nitrogen and oxygen atoms in total. The van der Waals surface area contributed by atoms with Crippen molar-refractivity contribution in [3.05, 3.63) is 70.3 Å². The molecule has 2 N–H and O–H groups in total. The lowest BCUT2D eigenvalue weighted by molar-refractivity contribution is 0.0954. The molecule has 1 aromatic heterocycles. The van der Waals surface area contributed by atoms with Crippen molar-refractivity contribution in [2.75, 3.05) is 37.4 Å². The lowest BCUT2D eigenvalue weighted by atomic mass is 10.1. The average Bonchev–Trinajstić information content (AvgIpc) is 2.73. The first-order valence-electron chi connectivity index (χ1n) is 9.52. The lowest BCUT2D eigenvalue weighted by Crippen LogP contribution is -2.26. The predicted octanol–water partition coefficient (Wildman–Crippen LogP) is 4.75. The molecule has 0 aliphatic rings. The summed E-state index contributed by atoms with van der Waals surface area (Å²) in [6.07, 6.45) is 2.42. The fraction of sp³-hybridized carbons (Fsp3) is 0.227. The number of nitrogens with one attached hydrogen (secondary N) is 2. The van der Waals surface area contributed by atoms with Gasteiger partial charge in [0, 0.05) is 44.6 Å². The SMILES string of the molecule is CN(C)c1ccc(-c2ccnc(NCCCNC(=O)c3c(Cl)cccc3Cl)n2)cc1. The summed E-state index contributed by atoms with van der Waals surface area (Å²) in [6.45, 7) is 1.08. The van der Waals surface area contributed by atoms with Gasteiger partial charge >= 0.3 is 0 Å². The van der Waals surface area contributed by atoms with Gasteiger partial charge in [0.05, 0.1) is 21.3 Å². The summed E-state index contributed by atoms with van der Waals surface area (Å²) in [6, 6.07) is 15.1. The van der Waals surface area contributed by atoms with Gasteiger partial charge in [-0.05, 0) is 36.8 Å². The van der Waals surface area contributed by atoms with Gasteiger partial charge in [0.15, 0.2) is 0 Å². The summed E-state index contributed by atoms with van der Waals surface area (Å²) in [7, 11) is 4.01. The van der Waals surface area contributed by atoms with E-state index in [1.54, 1.807) is 24.4 Å². The van der Waals surface area contributed by atoms with Crippen LogP contribution in [0.4, 0.5) is 11.6 Å². The number of carbonyl (C=O) groups is 1. The van der Waals surface area contributed by atoms with E-state index < -0.39 is 0 Å². The Balaban J connectivity index is 1.50. The van der Waals surface area contributed by atoms with Gasteiger partial charge < -0.3 is 15.5 Å². The number of rotatable bonds is 8. The molecule has 0 bridgehead atoms. The van der Waals surface area contributed by atoms with E-state index in [4.69, 9.17) is 23.2 Å². The zero-order valence-electron chi connectivity index (χ0n) is 16.8. The van der Waals surface area contributed by atoms with E-state index in [1.807, 2.05) is 32.3 Å². The number of hydrogen-bond donors (Lipinski definition) is 2. The van der Waals surface area contributed by atoms with Crippen LogP contribution in [0.25, 0.3) is 11.3 Å². The maximum Gasteiger partial charge on any atom is 0.254 e. The number of nitrogens with zero attached hydrogens (tertiary/aromatic N) is 3. The van der Waals surface area contributed by atoms with E-state index in [0.29, 0.717) is 41.1 Å². The van der Waals surface area contributed by atoms with Gasteiger partial charge in [0.2, 0.25) is 5.95 Å². The molecule has 0 unspecified atom stereocenters. The molecule has 3 aromatic rings. The van der Waals surface area contributed by atoms with Crippen LogP contribution >= 0.6 is 23.2 Å². The van der Waals surface area contributed by atoms with Crippen molar-refractivity contribution in [1.29, 1.82) is 0 Å². The first kappa shape index (κ1) is 21.9. The van der Waals surface area contributed by atoms with Crippen molar-refractivity contribution in [1.82, 2.24) is 15.3 Å². The van der Waals surface area contributed by atoms with Crippen LogP contribution in [0.1, 0.15) is 16.8 Å². The topological polar surface area (TPSA) is 70.2 Å². The molecule has 0 fully saturated rings. The monoisotopic (exact) mass is 443 g/mol. The highest BCUT2D eigenvalue weighted by atomic mass is 35.5. The Kier molecular flexibility index (Phi) is 7.49. The number of anilines is 2. The largest absolute Gasteiger partial charge is 0.378 e. The van der Waals surface area contributed by atoms with Gasteiger partial charge in [-0.25, -0.2) is 9.97 Å². The molecule has 0 atom stereocenters. The van der Waals surface area contributed by atoms with Crippen molar-refractivity contribution >= 4 is 40.7 Å². The molecule has 3 rings (SSSR count). The minimum Gasteiger partial charge on any atom is -0.378 e. The van der Waals surface area contributed by atoms with E-state index in [9.17, 15) is 4.79 Å². The number of halogens is 2. The molecule has 0 aliphatic heterocycles. The summed E-state index contributed by atoms with van der Waals surface area (Å²) in [5.41, 5.74) is 3.30. The molecule has 8 heteroatoms. The summed E-state index contributed by atoms with van der Waals surface area (Å²) in [4.78, 5) is 23.1. The second kappa shape index (κ2) is 10.3. The number of carbonyl (C=O) groups excluding carboxylic acids is 1. The van der Waals surface area contributed by atoms with Crippen LogP contribution in [0.2, 0.25) is 10.0 Å². The molecule has 0 radical (unpaired) electrons. The van der Waals surface area contributed by atoms with Crippen LogP contribution in [0, 0.1) is 0 Å². The normalized spacial score (nSPS) is 10.5. The smallest absolute Gasteiger partial charge is 0.254 e. The number of hydrogen-bond acceptors (Lipinski definition) is 5. The third kappa shape index (κ3) is 5.62. The van der Waals surface area contributed by atoms with Crippen LogP contribution in [-0.4, -0.2) is 43.1 Å². The highest BCUT2D eigenvalue weighted by Crippen LogP contribution is 2.24. The third-order valence-corrected chi connectivity index (χ3v) is 5.08. The standard InChI is InChI=1S/C22H23Cl2N5O/c1-29(2)16-9-7-15(8-10-16)19-11-14-27-22(28-19)26-13-4-12-25-21(30)20-17(23)5-3-6-18(20)24/h3,5-11,14H,4,12-13H2,1-2H3,(H,25,30)(H,26,27,28). The first-order chi connectivity index (χ1) is 14.5. The number of benzene rings is 2. The van der Waals surface area contributed by atoms with E-state index in [2.05, 4.69) is 37.6 Å². The molecular formula is C22H23Cl2N5O. The maximum absolute atomic E-state index is 12.3. The first-order valence-corrected chi connectivity index (χ1v) is 10.3. The highest BCUT2D eigenvalue weighted by molar-refractivity contribution is 6.39. The van der Waals surface area contributed by atoms with Crippen molar-refractivity contribution in [3.63, 3.8) is 0 Å². The van der Waals surface area contributed by atoms with E-state index in [1.165, 1.54) is 0 Å². The second-order valence-corrected chi connectivity index (χ2v) is 7.65. The van der Waals surface area contributed by atoms with Gasteiger partial charge in [0.25, 0.3) is 5.91 Å². The van der Waals surface area contributed by atoms with Crippen molar-refractivity contribution in [2.24, 2.45) is 0 Å². The Morgan fingerprint density at radius 1 is 1.00 bits per heavy atom. The van der Waals surface area contributed by atoms with Crippen LogP contribution in [0.3, 0.4) is 0 Å². The summed E-state index contributed by atoms with van der Waals surface area (Å²) >= 11 is 12.1. The number of amides is 1. The molecule has 0 saturated heterocycles. The fourth-order valence-corrected chi connectivity index (χ4v) is 3.40. The molecule has 156 valence electrons. The zero-order chi connectivity index (χ0) is 21.5. The average molecular weight is 444 g/mol. The van der Waals surface area contributed by atoms with Gasteiger partial charge in [-0.1, -0.05) is 41.4 Å². The molecule has 0 aliphatic carbocycles. The minimum atomic E-state index is -0.287. The summed E-state index contributed by atoms with van der Waals surface area (Å²) in [5, 5.41) is 6.68. The molecule has 1 heterocycles. The van der Waals surface area contributed by atoms with Crippen LogP contribution in [0.15, 0.2) is 54.7 Å². The molecule has 2 aromatic carbocycles. The van der Waals surface area contributed by atoms with Crippen molar-refractivity contribution in [2.45, 2.75) is 6.42 Å². The van der Waals surface area contributed by atoms with Gasteiger partial charge in [-0.15, -0.1) is 0 Å². The predicted molar refractivity (Wildman–Crippen MR) is 124 cm³/mol. The Hall–Kier alpha value is -2.83. The van der Waals surface area contributed by atoms with Crippen LogP contribution < -0.4 is 15.5 Å². The Bertz CT molecular complexity index is 988. The van der Waals surface area contributed by atoms with Gasteiger partial charge in [-0.3, -0.25) is 4.79 Å². The van der Waals surface area contributed by atoms with Crippen LogP contribution in [-0.2, 0) is 0 Å². The second-order valence-electron chi connectivity index (χ2n) is 6.84. The number of aromatic nitrogens is 2. The molecule has 1 amide bonds. The molecular weight excluding hydrogens is 421 g/mol. The Morgan fingerprint density at radius 3 is 2.37 bits per heavy atom. The minimum absolute atomic E-state index is 0.287. The van der Waals surface area contributed by atoms with E-state index in [0.717, 1.165) is 16.9 Å². The quantitative estimate of drug-likeness (QED) is 0.491. The van der Waals surface area contributed by atoms with E-state index >= 15 is 0 Å². The third-order valence-electron chi connectivity index (χ3n) is 4.45. The van der Waals surface area contributed by atoms with E-state index in [-0.39, 0.29) is 5.91 Å². The fourth-order valence-electron chi connectivity index (χ4n) is 2.83. The lowest BCUT2D eigenvalue weighted by Gasteiger charge is -2.13. The van der Waals surface area contributed by atoms with Gasteiger partial charge in [0.1, 0.15) is 0 Å². The highest BCUT2D eigenvalue weighted by Gasteiger charge is 2.13. The Morgan fingerprint density at radius 2 is 1.70 bits per heavy atom. The van der Waals surface area contributed by atoms with Crippen molar-refractivity contribution < 1.29 is 4.79 Å². The zero-order valence-corrected chi connectivity index (χ0v) is 18.3. The summed E-state index contributed by atoms with van der Waals surface area (Å²) < 4.78 is 0. The summed E-state index contributed by atoms with van der Waals surface area (Å²) in [5.74, 6) is 0.259. The van der Waals surface area contributed by atoms with Gasteiger partial charge in [-0.2, -0.15) is 0 Å².